The Hall–Kier alpha value is -2.29. The monoisotopic (exact) mass is 519 g/mol. The number of aromatic nitrogens is 2. The molecular weight excluding hydrogens is 489 g/mol. The van der Waals surface area contributed by atoms with Gasteiger partial charge < -0.3 is 19.4 Å². The lowest BCUT2D eigenvalue weighted by molar-refractivity contribution is 0.414. The molecule has 1 fully saturated rings. The maximum Gasteiger partial charge on any atom is 0.193 e. The van der Waals surface area contributed by atoms with Crippen molar-refractivity contribution in [1.82, 2.24) is 19.6 Å². The molecule has 3 heterocycles. The lowest BCUT2D eigenvalue weighted by Crippen LogP contribution is -2.40. The molecule has 1 aliphatic rings. The van der Waals surface area contributed by atoms with Gasteiger partial charge in [0.25, 0.3) is 0 Å². The zero-order valence-electron chi connectivity index (χ0n) is 17.8. The number of halogens is 1. The van der Waals surface area contributed by atoms with Crippen LogP contribution >= 0.6 is 24.0 Å². The minimum Gasteiger partial charge on any atom is -0.497 e. The van der Waals surface area contributed by atoms with Crippen LogP contribution in [-0.2, 0) is 6.42 Å². The average molecular weight is 519 g/mol. The number of guanidine groups is 1. The van der Waals surface area contributed by atoms with Crippen molar-refractivity contribution in [3.05, 3.63) is 65.6 Å². The fraction of sp³-hybridized carbons (Fsp3) is 0.391. The summed E-state index contributed by atoms with van der Waals surface area (Å²) < 4.78 is 7.37. The van der Waals surface area contributed by atoms with E-state index in [1.807, 2.05) is 19.2 Å². The van der Waals surface area contributed by atoms with Gasteiger partial charge in [-0.05, 0) is 42.7 Å². The van der Waals surface area contributed by atoms with E-state index in [0.29, 0.717) is 5.92 Å². The second-order valence-electron chi connectivity index (χ2n) is 7.58. The normalized spacial score (nSPS) is 16.6. The van der Waals surface area contributed by atoms with Crippen LogP contribution in [0.5, 0.6) is 5.75 Å². The number of nitrogens with one attached hydrogen (secondary N) is 1. The Morgan fingerprint density at radius 1 is 1.27 bits per heavy atom. The first-order chi connectivity index (χ1) is 14.2. The molecule has 1 saturated heterocycles. The lowest BCUT2D eigenvalue weighted by atomic mass is 9.98. The standard InChI is InChI=1S/C23H29N5O.HI/c1-17-5-4-13-27-16-20(26-22(17)27)10-12-25-23(24-2)28-14-11-19(15-28)18-6-8-21(29-3)9-7-18;/h4-9,13,16,19H,10-12,14-15H2,1-3H3,(H,24,25);1H. The third-order valence-corrected chi connectivity index (χ3v) is 5.68. The number of rotatable bonds is 5. The van der Waals surface area contributed by atoms with Crippen LogP contribution in [0.1, 0.15) is 29.2 Å². The molecule has 0 aliphatic carbocycles. The minimum absolute atomic E-state index is 0. The Kier molecular flexibility index (Phi) is 7.58. The van der Waals surface area contributed by atoms with E-state index in [-0.39, 0.29) is 24.0 Å². The fourth-order valence-corrected chi connectivity index (χ4v) is 4.06. The summed E-state index contributed by atoms with van der Waals surface area (Å²) in [6, 6.07) is 12.6. The zero-order chi connectivity index (χ0) is 20.2. The summed E-state index contributed by atoms with van der Waals surface area (Å²) in [7, 11) is 3.56. The number of fused-ring (bicyclic) bond motifs is 1. The lowest BCUT2D eigenvalue weighted by Gasteiger charge is -2.21. The number of imidazole rings is 1. The SMILES string of the molecule is CN=C(NCCc1cn2cccc(C)c2n1)N1CCC(c2ccc(OC)cc2)C1.I. The first-order valence-electron chi connectivity index (χ1n) is 10.2. The molecule has 1 aliphatic heterocycles. The third kappa shape index (κ3) is 4.88. The van der Waals surface area contributed by atoms with Crippen molar-refractivity contribution in [2.24, 2.45) is 4.99 Å². The number of likely N-dealkylation sites (tertiary alicyclic amines) is 1. The Balaban J connectivity index is 0.00000256. The molecule has 1 aromatic carbocycles. The smallest absolute Gasteiger partial charge is 0.193 e. The summed E-state index contributed by atoms with van der Waals surface area (Å²) in [6.45, 7) is 4.92. The maximum absolute atomic E-state index is 5.27. The molecule has 6 nitrogen and oxygen atoms in total. The van der Waals surface area contributed by atoms with Crippen molar-refractivity contribution in [2.45, 2.75) is 25.7 Å². The molecular formula is C23H30IN5O. The van der Waals surface area contributed by atoms with E-state index in [0.717, 1.165) is 55.5 Å². The third-order valence-electron chi connectivity index (χ3n) is 5.68. The summed E-state index contributed by atoms with van der Waals surface area (Å²) in [5, 5.41) is 3.52. The van der Waals surface area contributed by atoms with Gasteiger partial charge in [0, 0.05) is 51.4 Å². The van der Waals surface area contributed by atoms with Gasteiger partial charge in [-0.25, -0.2) is 4.98 Å². The number of nitrogens with zero attached hydrogens (tertiary/aromatic N) is 4. The summed E-state index contributed by atoms with van der Waals surface area (Å²) in [4.78, 5) is 11.6. The fourth-order valence-electron chi connectivity index (χ4n) is 4.06. The molecule has 1 atom stereocenters. The first kappa shape index (κ1) is 22.4. The van der Waals surface area contributed by atoms with Gasteiger partial charge in [0.2, 0.25) is 0 Å². The van der Waals surface area contributed by atoms with E-state index >= 15 is 0 Å². The van der Waals surface area contributed by atoms with Crippen molar-refractivity contribution in [1.29, 1.82) is 0 Å². The van der Waals surface area contributed by atoms with Crippen molar-refractivity contribution in [2.75, 3.05) is 33.8 Å². The largest absolute Gasteiger partial charge is 0.497 e. The van der Waals surface area contributed by atoms with Gasteiger partial charge in [0.15, 0.2) is 5.96 Å². The van der Waals surface area contributed by atoms with Crippen LogP contribution in [0.25, 0.3) is 5.65 Å². The molecule has 0 radical (unpaired) electrons. The van der Waals surface area contributed by atoms with E-state index in [9.17, 15) is 0 Å². The number of hydrogen-bond acceptors (Lipinski definition) is 3. The molecule has 1 N–H and O–H groups in total. The van der Waals surface area contributed by atoms with E-state index in [2.05, 4.69) is 63.2 Å². The molecule has 0 bridgehead atoms. The highest BCUT2D eigenvalue weighted by Gasteiger charge is 2.26. The second-order valence-corrected chi connectivity index (χ2v) is 7.58. The van der Waals surface area contributed by atoms with Crippen molar-refractivity contribution < 1.29 is 4.74 Å². The summed E-state index contributed by atoms with van der Waals surface area (Å²) in [5.74, 6) is 2.41. The van der Waals surface area contributed by atoms with Gasteiger partial charge in [-0.15, -0.1) is 24.0 Å². The number of ether oxygens (including phenoxy) is 1. The second kappa shape index (κ2) is 10.1. The van der Waals surface area contributed by atoms with Crippen molar-refractivity contribution in [3.63, 3.8) is 0 Å². The molecule has 30 heavy (non-hydrogen) atoms. The highest BCUT2D eigenvalue weighted by atomic mass is 127. The van der Waals surface area contributed by atoms with E-state index in [1.54, 1.807) is 7.11 Å². The quantitative estimate of drug-likeness (QED) is 0.316. The first-order valence-corrected chi connectivity index (χ1v) is 10.2. The number of pyridine rings is 1. The van der Waals surface area contributed by atoms with E-state index < -0.39 is 0 Å². The molecule has 1 unspecified atom stereocenters. The predicted molar refractivity (Wildman–Crippen MR) is 132 cm³/mol. The number of aryl methyl sites for hydroxylation is 1. The van der Waals surface area contributed by atoms with Gasteiger partial charge in [-0.3, -0.25) is 4.99 Å². The molecule has 0 spiro atoms. The van der Waals surface area contributed by atoms with Crippen LogP contribution < -0.4 is 10.1 Å². The summed E-state index contributed by atoms with van der Waals surface area (Å²) in [5.41, 5.74) is 4.70. The zero-order valence-corrected chi connectivity index (χ0v) is 20.2. The number of aliphatic imine (C=N–C) groups is 1. The molecule has 160 valence electrons. The maximum atomic E-state index is 5.27. The average Bonchev–Trinajstić information content (AvgIpc) is 3.39. The van der Waals surface area contributed by atoms with E-state index in [1.165, 1.54) is 11.1 Å². The molecule has 3 aromatic rings. The number of benzene rings is 1. The van der Waals surface area contributed by atoms with Gasteiger partial charge in [-0.1, -0.05) is 18.2 Å². The van der Waals surface area contributed by atoms with E-state index in [4.69, 9.17) is 9.72 Å². The van der Waals surface area contributed by atoms with Crippen LogP contribution in [0.15, 0.2) is 53.8 Å². The van der Waals surface area contributed by atoms with Crippen molar-refractivity contribution in [3.8, 4) is 5.75 Å². The Morgan fingerprint density at radius 3 is 2.77 bits per heavy atom. The van der Waals surface area contributed by atoms with Gasteiger partial charge in [-0.2, -0.15) is 0 Å². The summed E-state index contributed by atoms with van der Waals surface area (Å²) >= 11 is 0. The molecule has 4 rings (SSSR count). The predicted octanol–water partition coefficient (Wildman–Crippen LogP) is 3.88. The minimum atomic E-state index is 0. The van der Waals surface area contributed by atoms with Crippen LogP contribution in [0.2, 0.25) is 0 Å². The Labute approximate surface area is 195 Å². The van der Waals surface area contributed by atoms with Crippen LogP contribution in [0.4, 0.5) is 0 Å². The number of methoxy groups -OCH3 is 1. The van der Waals surface area contributed by atoms with Crippen LogP contribution in [0, 0.1) is 6.92 Å². The van der Waals surface area contributed by atoms with Crippen molar-refractivity contribution >= 4 is 35.6 Å². The topological polar surface area (TPSA) is 54.2 Å². The number of hydrogen-bond donors (Lipinski definition) is 1. The highest BCUT2D eigenvalue weighted by molar-refractivity contribution is 14.0. The molecule has 2 aromatic heterocycles. The molecule has 0 saturated carbocycles. The van der Waals surface area contributed by atoms with Crippen LogP contribution in [-0.4, -0.2) is 54.0 Å². The molecule has 0 amide bonds. The van der Waals surface area contributed by atoms with Crippen LogP contribution in [0.3, 0.4) is 0 Å². The Bertz CT molecular complexity index is 999. The Morgan fingerprint density at radius 2 is 2.07 bits per heavy atom. The van der Waals surface area contributed by atoms with Gasteiger partial charge >= 0.3 is 0 Å². The molecule has 7 heteroatoms. The summed E-state index contributed by atoms with van der Waals surface area (Å²) in [6.07, 6.45) is 6.17. The van der Waals surface area contributed by atoms with Gasteiger partial charge in [0.05, 0.1) is 12.8 Å². The highest BCUT2D eigenvalue weighted by Crippen LogP contribution is 2.28. The van der Waals surface area contributed by atoms with Gasteiger partial charge in [0.1, 0.15) is 11.4 Å².